The van der Waals surface area contributed by atoms with Crippen LogP contribution >= 0.6 is 0 Å². The van der Waals surface area contributed by atoms with E-state index in [1.54, 1.807) is 6.07 Å². The molecule has 5 heteroatoms. The van der Waals surface area contributed by atoms with Crippen molar-refractivity contribution in [3.05, 3.63) is 127 Å². The molecule has 1 N–H and O–H groups in total. The van der Waals surface area contributed by atoms with Crippen molar-refractivity contribution in [2.75, 3.05) is 0 Å². The molecule has 0 radical (unpaired) electrons. The van der Waals surface area contributed by atoms with E-state index in [2.05, 4.69) is 88.9 Å². The third-order valence-electron chi connectivity index (χ3n) is 7.50. The van der Waals surface area contributed by atoms with Crippen molar-refractivity contribution in [2.45, 2.75) is 19.4 Å². The highest BCUT2D eigenvalue weighted by atomic mass is 16.3. The number of aromatic nitrogens is 4. The minimum absolute atomic E-state index is 0.218. The molecule has 0 bridgehead atoms. The van der Waals surface area contributed by atoms with Gasteiger partial charge in [0.05, 0.1) is 27.8 Å². The lowest BCUT2D eigenvalue weighted by Gasteiger charge is -2.26. The topological polar surface area (TPSA) is 46.9 Å². The van der Waals surface area contributed by atoms with E-state index in [4.69, 9.17) is 0 Å². The Labute approximate surface area is 220 Å². The quantitative estimate of drug-likeness (QED) is 0.219. The number of aromatic hydroxyl groups is 1. The van der Waals surface area contributed by atoms with E-state index < -0.39 is 5.54 Å². The fourth-order valence-electron chi connectivity index (χ4n) is 5.53. The van der Waals surface area contributed by atoms with Crippen LogP contribution in [0, 0.1) is 6.33 Å². The second kappa shape index (κ2) is 8.32. The predicted molar refractivity (Wildman–Crippen MR) is 151 cm³/mol. The highest BCUT2D eigenvalue weighted by Crippen LogP contribution is 2.35. The van der Waals surface area contributed by atoms with Gasteiger partial charge in [-0.2, -0.15) is 0 Å². The van der Waals surface area contributed by atoms with Gasteiger partial charge in [0.25, 0.3) is 0 Å². The van der Waals surface area contributed by atoms with E-state index in [-0.39, 0.29) is 5.75 Å². The SMILES string of the molecule is CC(C)(c1ccc2c3ccccc3n(-c3ccccn3)c2c1)[n+]1[c-]n(-c2ccccc2O)c2ccccc21. The molecule has 0 aliphatic carbocycles. The van der Waals surface area contributed by atoms with Gasteiger partial charge in [-0.1, -0.05) is 78.9 Å². The first-order chi connectivity index (χ1) is 18.5. The van der Waals surface area contributed by atoms with Gasteiger partial charge >= 0.3 is 0 Å². The van der Waals surface area contributed by atoms with E-state index in [0.29, 0.717) is 5.69 Å². The Balaban J connectivity index is 1.48. The van der Waals surface area contributed by atoms with Crippen LogP contribution in [0.25, 0.3) is 44.3 Å². The summed E-state index contributed by atoms with van der Waals surface area (Å²) in [6, 6.07) is 36.8. The number of imidazole rings is 1. The van der Waals surface area contributed by atoms with Crippen LogP contribution in [0.1, 0.15) is 19.4 Å². The van der Waals surface area contributed by atoms with Crippen molar-refractivity contribution in [1.29, 1.82) is 0 Å². The number of phenolic OH excluding ortho intramolecular Hbond substituents is 1. The van der Waals surface area contributed by atoms with Crippen molar-refractivity contribution in [2.24, 2.45) is 0 Å². The highest BCUT2D eigenvalue weighted by molar-refractivity contribution is 6.09. The van der Waals surface area contributed by atoms with Gasteiger partial charge in [0.15, 0.2) is 0 Å². The molecule has 5 nitrogen and oxygen atoms in total. The molecule has 0 saturated carbocycles. The second-order valence-electron chi connectivity index (χ2n) is 10.1. The molecule has 0 unspecified atom stereocenters. The smallest absolute Gasteiger partial charge is 0.245 e. The van der Waals surface area contributed by atoms with Gasteiger partial charge in [-0.05, 0) is 49.7 Å². The van der Waals surface area contributed by atoms with Gasteiger partial charge < -0.3 is 14.2 Å². The van der Waals surface area contributed by atoms with Crippen LogP contribution in [-0.4, -0.2) is 19.2 Å². The molecule has 3 heterocycles. The first-order valence-electron chi connectivity index (χ1n) is 12.7. The van der Waals surface area contributed by atoms with E-state index in [9.17, 15) is 5.11 Å². The summed E-state index contributed by atoms with van der Waals surface area (Å²) in [7, 11) is 0. The Bertz CT molecular complexity index is 1960. The number of rotatable bonds is 4. The Morgan fingerprint density at radius 3 is 2.26 bits per heavy atom. The summed E-state index contributed by atoms with van der Waals surface area (Å²) < 4.78 is 6.35. The largest absolute Gasteiger partial charge is 0.513 e. The van der Waals surface area contributed by atoms with Gasteiger partial charge in [0.2, 0.25) is 6.33 Å². The Morgan fingerprint density at radius 1 is 0.737 bits per heavy atom. The third kappa shape index (κ3) is 3.25. The summed E-state index contributed by atoms with van der Waals surface area (Å²) in [6.45, 7) is 4.42. The molecule has 0 atom stereocenters. The molecular formula is C33H26N4O. The number of pyridine rings is 1. The van der Waals surface area contributed by atoms with E-state index >= 15 is 0 Å². The molecule has 7 rings (SSSR count). The zero-order valence-electron chi connectivity index (χ0n) is 21.2. The lowest BCUT2D eigenvalue weighted by atomic mass is 9.92. The normalized spacial score (nSPS) is 12.1. The molecule has 0 amide bonds. The number of fused-ring (bicyclic) bond motifs is 4. The molecule has 4 aromatic carbocycles. The number of hydrogen-bond donors (Lipinski definition) is 1. The fourth-order valence-corrected chi connectivity index (χ4v) is 5.53. The molecule has 0 saturated heterocycles. The summed E-state index contributed by atoms with van der Waals surface area (Å²) >= 11 is 0. The lowest BCUT2D eigenvalue weighted by molar-refractivity contribution is -0.727. The van der Waals surface area contributed by atoms with Crippen LogP contribution in [0.4, 0.5) is 0 Å². The number of hydrogen-bond acceptors (Lipinski definition) is 2. The average molecular weight is 495 g/mol. The van der Waals surface area contributed by atoms with Crippen LogP contribution in [0.15, 0.2) is 115 Å². The van der Waals surface area contributed by atoms with Gasteiger partial charge in [-0.25, -0.2) is 4.98 Å². The first-order valence-corrected chi connectivity index (χ1v) is 12.7. The molecule has 3 aromatic heterocycles. The van der Waals surface area contributed by atoms with Crippen molar-refractivity contribution in [3.63, 3.8) is 0 Å². The number of phenols is 1. The fraction of sp³-hybridized carbons (Fsp3) is 0.0909. The molecule has 0 aliphatic heterocycles. The Morgan fingerprint density at radius 2 is 1.45 bits per heavy atom. The summed E-state index contributed by atoms with van der Waals surface area (Å²) in [6.07, 6.45) is 5.40. The number of benzene rings is 4. The maximum Gasteiger partial charge on any atom is 0.245 e. The predicted octanol–water partition coefficient (Wildman–Crippen LogP) is 6.70. The van der Waals surface area contributed by atoms with Crippen molar-refractivity contribution in [1.82, 2.24) is 14.1 Å². The molecule has 0 fully saturated rings. The minimum atomic E-state index is -0.450. The first kappa shape index (κ1) is 22.3. The number of para-hydroxylation sites is 5. The maximum absolute atomic E-state index is 10.6. The van der Waals surface area contributed by atoms with Crippen LogP contribution in [0.2, 0.25) is 0 Å². The highest BCUT2D eigenvalue weighted by Gasteiger charge is 2.30. The monoisotopic (exact) mass is 494 g/mol. The zero-order chi connectivity index (χ0) is 25.9. The standard InChI is InChI=1S/C33H26N4O/c1-33(2,36-22-35(27-13-5-6-14-28(27)36)29-15-7-8-16-31(29)38)23-18-19-25-24-11-3-4-12-26(24)37(30(25)21-23)32-17-9-10-20-34-32/h3-21,38H,1-2H3. The molecule has 7 aromatic rings. The Hall–Kier alpha value is -4.90. The van der Waals surface area contributed by atoms with E-state index in [1.807, 2.05) is 59.3 Å². The molecule has 184 valence electrons. The average Bonchev–Trinajstić information content (AvgIpc) is 3.50. The van der Waals surface area contributed by atoms with Gasteiger partial charge in [0.1, 0.15) is 17.1 Å². The number of nitrogens with zero attached hydrogens (tertiary/aromatic N) is 4. The zero-order valence-corrected chi connectivity index (χ0v) is 21.2. The Kier molecular flexibility index (Phi) is 4.88. The molecule has 0 spiro atoms. The van der Waals surface area contributed by atoms with Crippen LogP contribution in [0.3, 0.4) is 0 Å². The minimum Gasteiger partial charge on any atom is -0.513 e. The van der Waals surface area contributed by atoms with Crippen LogP contribution < -0.4 is 4.57 Å². The van der Waals surface area contributed by atoms with E-state index in [1.165, 1.54) is 10.8 Å². The molecular weight excluding hydrogens is 468 g/mol. The maximum atomic E-state index is 10.6. The summed E-state index contributed by atoms with van der Waals surface area (Å²) in [4.78, 5) is 4.68. The van der Waals surface area contributed by atoms with Crippen molar-refractivity contribution < 1.29 is 9.67 Å². The van der Waals surface area contributed by atoms with Crippen molar-refractivity contribution in [3.8, 4) is 17.3 Å². The van der Waals surface area contributed by atoms with Gasteiger partial charge in [-0.15, -0.1) is 0 Å². The van der Waals surface area contributed by atoms with E-state index in [0.717, 1.165) is 33.4 Å². The van der Waals surface area contributed by atoms with Crippen LogP contribution in [0.5, 0.6) is 5.75 Å². The van der Waals surface area contributed by atoms with Gasteiger partial charge in [0, 0.05) is 17.0 Å². The van der Waals surface area contributed by atoms with Gasteiger partial charge in [-0.3, -0.25) is 4.57 Å². The second-order valence-corrected chi connectivity index (χ2v) is 10.1. The molecule has 0 aliphatic rings. The van der Waals surface area contributed by atoms with Crippen LogP contribution in [-0.2, 0) is 5.54 Å². The third-order valence-corrected chi connectivity index (χ3v) is 7.50. The molecule has 38 heavy (non-hydrogen) atoms. The van der Waals surface area contributed by atoms with Crippen molar-refractivity contribution >= 4 is 32.8 Å². The summed E-state index contributed by atoms with van der Waals surface area (Å²) in [5, 5.41) is 13.0. The summed E-state index contributed by atoms with van der Waals surface area (Å²) in [5.74, 6) is 1.11. The summed E-state index contributed by atoms with van der Waals surface area (Å²) in [5.41, 5.74) is 5.65. The lowest BCUT2D eigenvalue weighted by Crippen LogP contribution is -2.52.